The SMILES string of the molecule is Cc1cc(C)c(C(=O)Cc2c(F)cccc2Cl)c(C)c1. The maximum atomic E-state index is 13.8. The minimum Gasteiger partial charge on any atom is -0.294 e. The lowest BCUT2D eigenvalue weighted by atomic mass is 9.93. The van der Waals surface area contributed by atoms with Gasteiger partial charge in [0.2, 0.25) is 0 Å². The van der Waals surface area contributed by atoms with Gasteiger partial charge >= 0.3 is 0 Å². The lowest BCUT2D eigenvalue weighted by molar-refractivity contribution is 0.0990. The van der Waals surface area contributed by atoms with E-state index in [1.54, 1.807) is 6.07 Å². The van der Waals surface area contributed by atoms with Crippen molar-refractivity contribution in [1.29, 1.82) is 0 Å². The van der Waals surface area contributed by atoms with Crippen LogP contribution in [0.3, 0.4) is 0 Å². The van der Waals surface area contributed by atoms with Gasteiger partial charge in [-0.3, -0.25) is 4.79 Å². The summed E-state index contributed by atoms with van der Waals surface area (Å²) in [5.74, 6) is -0.541. The highest BCUT2D eigenvalue weighted by atomic mass is 35.5. The van der Waals surface area contributed by atoms with E-state index in [-0.39, 0.29) is 17.8 Å². The van der Waals surface area contributed by atoms with Crippen molar-refractivity contribution in [2.45, 2.75) is 27.2 Å². The summed E-state index contributed by atoms with van der Waals surface area (Å²) in [6.07, 6.45) is -0.0176. The molecular weight excluding hydrogens is 275 g/mol. The van der Waals surface area contributed by atoms with E-state index in [1.165, 1.54) is 12.1 Å². The smallest absolute Gasteiger partial charge is 0.167 e. The average Bonchev–Trinajstić information content (AvgIpc) is 2.32. The molecule has 3 heteroatoms. The molecule has 0 spiro atoms. The van der Waals surface area contributed by atoms with Crippen LogP contribution in [0.25, 0.3) is 0 Å². The number of aryl methyl sites for hydroxylation is 3. The summed E-state index contributed by atoms with van der Waals surface area (Å²) in [6, 6.07) is 8.38. The van der Waals surface area contributed by atoms with E-state index in [0.717, 1.165) is 16.7 Å². The van der Waals surface area contributed by atoms with Crippen LogP contribution < -0.4 is 0 Å². The van der Waals surface area contributed by atoms with Gasteiger partial charge in [-0.05, 0) is 44.0 Å². The van der Waals surface area contributed by atoms with Crippen molar-refractivity contribution in [2.24, 2.45) is 0 Å². The number of carbonyl (C=O) groups is 1. The van der Waals surface area contributed by atoms with E-state index in [1.807, 2.05) is 32.9 Å². The third-order valence-electron chi connectivity index (χ3n) is 3.35. The van der Waals surface area contributed by atoms with E-state index >= 15 is 0 Å². The van der Waals surface area contributed by atoms with Crippen molar-refractivity contribution in [1.82, 2.24) is 0 Å². The molecule has 0 unspecified atom stereocenters. The first-order valence-electron chi connectivity index (χ1n) is 6.44. The molecule has 0 radical (unpaired) electrons. The topological polar surface area (TPSA) is 17.1 Å². The lowest BCUT2D eigenvalue weighted by Gasteiger charge is -2.11. The minimum atomic E-state index is -0.437. The molecule has 0 saturated carbocycles. The third kappa shape index (κ3) is 2.91. The zero-order valence-corrected chi connectivity index (χ0v) is 12.5. The van der Waals surface area contributed by atoms with Crippen LogP contribution in [0.4, 0.5) is 4.39 Å². The van der Waals surface area contributed by atoms with E-state index in [9.17, 15) is 9.18 Å². The summed E-state index contributed by atoms with van der Waals surface area (Å²) in [5.41, 5.74) is 3.87. The summed E-state index contributed by atoms with van der Waals surface area (Å²) in [7, 11) is 0. The Hall–Kier alpha value is -1.67. The van der Waals surface area contributed by atoms with Gasteiger partial charge in [-0.25, -0.2) is 4.39 Å². The Balaban J connectivity index is 2.39. The standard InChI is InChI=1S/C17H16ClFO/c1-10-7-11(2)17(12(3)8-10)16(20)9-13-14(18)5-4-6-15(13)19/h4-8H,9H2,1-3H3. The summed E-state index contributed by atoms with van der Waals surface area (Å²) < 4.78 is 13.8. The molecule has 20 heavy (non-hydrogen) atoms. The molecule has 104 valence electrons. The maximum absolute atomic E-state index is 13.8. The van der Waals surface area contributed by atoms with Crippen LogP contribution in [-0.2, 0) is 6.42 Å². The fourth-order valence-electron chi connectivity index (χ4n) is 2.57. The van der Waals surface area contributed by atoms with Gasteiger partial charge in [-0.15, -0.1) is 0 Å². The lowest BCUT2D eigenvalue weighted by Crippen LogP contribution is -2.10. The van der Waals surface area contributed by atoms with Crippen LogP contribution in [0.15, 0.2) is 30.3 Å². The Morgan fingerprint density at radius 1 is 1.15 bits per heavy atom. The first-order chi connectivity index (χ1) is 9.40. The molecule has 0 atom stereocenters. The summed E-state index contributed by atoms with van der Waals surface area (Å²) in [6.45, 7) is 5.79. The highest BCUT2D eigenvalue weighted by Gasteiger charge is 2.17. The zero-order valence-electron chi connectivity index (χ0n) is 11.8. The van der Waals surface area contributed by atoms with Crippen molar-refractivity contribution in [2.75, 3.05) is 0 Å². The Morgan fingerprint density at radius 2 is 1.75 bits per heavy atom. The van der Waals surface area contributed by atoms with Crippen molar-refractivity contribution >= 4 is 17.4 Å². The van der Waals surface area contributed by atoms with Gasteiger partial charge in [0.25, 0.3) is 0 Å². The molecule has 0 amide bonds. The molecule has 1 nitrogen and oxygen atoms in total. The normalized spacial score (nSPS) is 10.7. The molecule has 0 bridgehead atoms. The number of hydrogen-bond acceptors (Lipinski definition) is 1. The largest absolute Gasteiger partial charge is 0.294 e. The van der Waals surface area contributed by atoms with Gasteiger partial charge in [-0.2, -0.15) is 0 Å². The molecule has 0 aliphatic carbocycles. The van der Waals surface area contributed by atoms with Crippen molar-refractivity contribution in [3.8, 4) is 0 Å². The van der Waals surface area contributed by atoms with Crippen molar-refractivity contribution in [3.05, 3.63) is 69.0 Å². The maximum Gasteiger partial charge on any atom is 0.167 e. The second-order valence-electron chi connectivity index (χ2n) is 5.07. The Morgan fingerprint density at radius 3 is 2.30 bits per heavy atom. The highest BCUT2D eigenvalue weighted by Crippen LogP contribution is 2.23. The number of carbonyl (C=O) groups excluding carboxylic acids is 1. The summed E-state index contributed by atoms with van der Waals surface area (Å²) >= 11 is 5.97. The fraction of sp³-hybridized carbons (Fsp3) is 0.235. The number of hydrogen-bond donors (Lipinski definition) is 0. The molecule has 0 fully saturated rings. The van der Waals surface area contributed by atoms with Gasteiger partial charge in [0, 0.05) is 22.6 Å². The third-order valence-corrected chi connectivity index (χ3v) is 3.71. The van der Waals surface area contributed by atoms with Gasteiger partial charge in [-0.1, -0.05) is 35.4 Å². The van der Waals surface area contributed by atoms with E-state index in [2.05, 4.69) is 0 Å². The second kappa shape index (κ2) is 5.76. The predicted octanol–water partition coefficient (Wildman–Crippen LogP) is 4.83. The van der Waals surface area contributed by atoms with Gasteiger partial charge < -0.3 is 0 Å². The Bertz CT molecular complexity index is 633. The number of halogens is 2. The fourth-order valence-corrected chi connectivity index (χ4v) is 2.80. The van der Waals surface area contributed by atoms with E-state index in [4.69, 9.17) is 11.6 Å². The monoisotopic (exact) mass is 290 g/mol. The van der Waals surface area contributed by atoms with Crippen molar-refractivity contribution < 1.29 is 9.18 Å². The zero-order chi connectivity index (χ0) is 14.9. The molecule has 2 rings (SSSR count). The van der Waals surface area contributed by atoms with Crippen LogP contribution in [0.2, 0.25) is 5.02 Å². The number of benzene rings is 2. The van der Waals surface area contributed by atoms with Crippen LogP contribution in [0, 0.1) is 26.6 Å². The predicted molar refractivity (Wildman–Crippen MR) is 80.1 cm³/mol. The second-order valence-corrected chi connectivity index (χ2v) is 5.48. The molecule has 0 saturated heterocycles. The molecule has 0 aliphatic rings. The van der Waals surface area contributed by atoms with Crippen LogP contribution in [-0.4, -0.2) is 5.78 Å². The van der Waals surface area contributed by atoms with Crippen LogP contribution in [0.5, 0.6) is 0 Å². The van der Waals surface area contributed by atoms with Crippen molar-refractivity contribution in [3.63, 3.8) is 0 Å². The molecule has 2 aromatic rings. The van der Waals surface area contributed by atoms with Crippen LogP contribution in [0.1, 0.15) is 32.6 Å². The quantitative estimate of drug-likeness (QED) is 0.740. The number of rotatable bonds is 3. The molecule has 0 aromatic heterocycles. The first-order valence-corrected chi connectivity index (χ1v) is 6.82. The van der Waals surface area contributed by atoms with E-state index < -0.39 is 5.82 Å². The van der Waals surface area contributed by atoms with Gasteiger partial charge in [0.1, 0.15) is 5.82 Å². The number of ketones is 1. The molecular formula is C17H16ClFO. The molecule has 0 heterocycles. The molecule has 2 aromatic carbocycles. The Kier molecular flexibility index (Phi) is 4.24. The average molecular weight is 291 g/mol. The molecule has 0 N–H and O–H groups in total. The highest BCUT2D eigenvalue weighted by molar-refractivity contribution is 6.31. The number of Topliss-reactive ketones (excluding diaryl/α,β-unsaturated/α-hetero) is 1. The van der Waals surface area contributed by atoms with Gasteiger partial charge in [0.15, 0.2) is 5.78 Å². The first kappa shape index (κ1) is 14.7. The van der Waals surface area contributed by atoms with Crippen LogP contribution >= 0.6 is 11.6 Å². The summed E-state index contributed by atoms with van der Waals surface area (Å²) in [4.78, 5) is 12.4. The van der Waals surface area contributed by atoms with Gasteiger partial charge in [0.05, 0.1) is 0 Å². The summed E-state index contributed by atoms with van der Waals surface area (Å²) in [5, 5.41) is 0.292. The van der Waals surface area contributed by atoms with E-state index in [0.29, 0.717) is 10.6 Å². The molecule has 0 aliphatic heterocycles. The Labute approximate surface area is 123 Å². The minimum absolute atomic E-state index is 0.0176.